The van der Waals surface area contributed by atoms with Crippen LogP contribution in [-0.4, -0.2) is 32.2 Å². The molecule has 1 aromatic carbocycles. The summed E-state index contributed by atoms with van der Waals surface area (Å²) < 4.78 is 5.72. The van der Waals surface area contributed by atoms with E-state index in [2.05, 4.69) is 49.4 Å². The number of aryl methyl sites for hydroxylation is 2. The number of hydrogen-bond donors (Lipinski definition) is 2. The molecule has 0 saturated heterocycles. The molecule has 4 nitrogen and oxygen atoms in total. The van der Waals surface area contributed by atoms with Crippen molar-refractivity contribution in [3.63, 3.8) is 0 Å². The van der Waals surface area contributed by atoms with Gasteiger partial charge in [-0.1, -0.05) is 6.07 Å². The van der Waals surface area contributed by atoms with Crippen LogP contribution < -0.4 is 15.4 Å². The molecule has 0 aromatic heterocycles. The third kappa shape index (κ3) is 6.13. The molecule has 0 amide bonds. The highest BCUT2D eigenvalue weighted by Crippen LogP contribution is 2.15. The second-order valence-corrected chi connectivity index (χ2v) is 4.97. The molecule has 19 heavy (non-hydrogen) atoms. The smallest absolute Gasteiger partial charge is 0.191 e. The number of ether oxygens (including phenoxy) is 1. The normalized spacial score (nSPS) is 11.6. The van der Waals surface area contributed by atoms with Crippen LogP contribution in [0.5, 0.6) is 5.75 Å². The van der Waals surface area contributed by atoms with E-state index in [-0.39, 0.29) is 0 Å². The third-order valence-corrected chi connectivity index (χ3v) is 2.51. The van der Waals surface area contributed by atoms with Crippen molar-refractivity contribution in [1.29, 1.82) is 0 Å². The number of hydrogen-bond acceptors (Lipinski definition) is 2. The van der Waals surface area contributed by atoms with Crippen molar-refractivity contribution in [3.05, 3.63) is 29.3 Å². The maximum absolute atomic E-state index is 5.72. The topological polar surface area (TPSA) is 45.7 Å². The first-order chi connectivity index (χ1) is 9.01. The summed E-state index contributed by atoms with van der Waals surface area (Å²) in [4.78, 5) is 4.14. The zero-order chi connectivity index (χ0) is 14.3. The Balaban J connectivity index is 2.34. The summed E-state index contributed by atoms with van der Waals surface area (Å²) >= 11 is 0. The first kappa shape index (κ1) is 15.3. The Kier molecular flexibility index (Phi) is 6.19. The highest BCUT2D eigenvalue weighted by molar-refractivity contribution is 5.79. The van der Waals surface area contributed by atoms with Gasteiger partial charge in [0.25, 0.3) is 0 Å². The molecule has 0 spiro atoms. The maximum atomic E-state index is 5.72. The molecule has 0 bridgehead atoms. The number of nitrogens with one attached hydrogen (secondary N) is 2. The summed E-state index contributed by atoms with van der Waals surface area (Å²) in [6.45, 7) is 9.65. The van der Waals surface area contributed by atoms with Crippen molar-refractivity contribution in [2.24, 2.45) is 4.99 Å². The van der Waals surface area contributed by atoms with Crippen molar-refractivity contribution in [2.45, 2.75) is 33.7 Å². The molecule has 0 aliphatic carbocycles. The van der Waals surface area contributed by atoms with Crippen LogP contribution in [0.2, 0.25) is 0 Å². The van der Waals surface area contributed by atoms with E-state index in [1.807, 2.05) is 12.1 Å². The number of guanidine groups is 1. The van der Waals surface area contributed by atoms with Gasteiger partial charge in [0.05, 0.1) is 6.54 Å². The van der Waals surface area contributed by atoms with Gasteiger partial charge in [-0.2, -0.15) is 0 Å². The third-order valence-electron chi connectivity index (χ3n) is 2.51. The summed E-state index contributed by atoms with van der Waals surface area (Å²) in [6, 6.07) is 6.61. The summed E-state index contributed by atoms with van der Waals surface area (Å²) in [5.74, 6) is 1.73. The summed E-state index contributed by atoms with van der Waals surface area (Å²) in [5.41, 5.74) is 2.44. The van der Waals surface area contributed by atoms with E-state index in [1.54, 1.807) is 7.05 Å². The fourth-order valence-corrected chi connectivity index (χ4v) is 1.82. The van der Waals surface area contributed by atoms with Gasteiger partial charge in [-0.25, -0.2) is 0 Å². The highest BCUT2D eigenvalue weighted by Gasteiger charge is 2.00. The number of aliphatic imine (C=N–C) groups is 1. The van der Waals surface area contributed by atoms with Gasteiger partial charge in [0.2, 0.25) is 0 Å². The maximum Gasteiger partial charge on any atom is 0.191 e. The minimum atomic E-state index is 0.367. The Morgan fingerprint density at radius 2 is 1.84 bits per heavy atom. The minimum absolute atomic E-state index is 0.367. The second kappa shape index (κ2) is 7.67. The van der Waals surface area contributed by atoms with Crippen LogP contribution in [-0.2, 0) is 0 Å². The van der Waals surface area contributed by atoms with E-state index in [1.165, 1.54) is 11.1 Å². The average Bonchev–Trinajstić information content (AvgIpc) is 2.31. The van der Waals surface area contributed by atoms with Crippen molar-refractivity contribution >= 4 is 5.96 Å². The molecule has 1 rings (SSSR count). The zero-order valence-electron chi connectivity index (χ0n) is 12.6. The van der Waals surface area contributed by atoms with Gasteiger partial charge < -0.3 is 15.4 Å². The Labute approximate surface area is 116 Å². The van der Waals surface area contributed by atoms with E-state index in [0.29, 0.717) is 12.6 Å². The lowest BCUT2D eigenvalue weighted by atomic mass is 10.1. The quantitative estimate of drug-likeness (QED) is 0.486. The largest absolute Gasteiger partial charge is 0.492 e. The van der Waals surface area contributed by atoms with Crippen LogP contribution in [0, 0.1) is 13.8 Å². The van der Waals surface area contributed by atoms with E-state index in [9.17, 15) is 0 Å². The van der Waals surface area contributed by atoms with E-state index in [0.717, 1.165) is 18.3 Å². The van der Waals surface area contributed by atoms with Crippen molar-refractivity contribution in [1.82, 2.24) is 10.6 Å². The fourth-order valence-electron chi connectivity index (χ4n) is 1.82. The Hall–Kier alpha value is -1.71. The Bertz CT molecular complexity index is 407. The second-order valence-electron chi connectivity index (χ2n) is 4.97. The Morgan fingerprint density at radius 1 is 1.21 bits per heavy atom. The van der Waals surface area contributed by atoms with Gasteiger partial charge in [0.1, 0.15) is 12.4 Å². The molecular weight excluding hydrogens is 238 g/mol. The lowest BCUT2D eigenvalue weighted by molar-refractivity contribution is 0.321. The number of rotatable bonds is 5. The molecule has 0 fully saturated rings. The monoisotopic (exact) mass is 263 g/mol. The molecule has 0 atom stereocenters. The first-order valence-electron chi connectivity index (χ1n) is 6.69. The zero-order valence-corrected chi connectivity index (χ0v) is 12.6. The van der Waals surface area contributed by atoms with Crippen molar-refractivity contribution < 1.29 is 4.74 Å². The SMILES string of the molecule is CN=C(NCCOc1cc(C)cc(C)c1)NC(C)C. The fraction of sp³-hybridized carbons (Fsp3) is 0.533. The first-order valence-corrected chi connectivity index (χ1v) is 6.69. The molecule has 0 radical (unpaired) electrons. The lowest BCUT2D eigenvalue weighted by Crippen LogP contribution is -2.42. The molecular formula is C15H25N3O. The predicted octanol–water partition coefficient (Wildman–Crippen LogP) is 2.26. The molecule has 2 N–H and O–H groups in total. The molecule has 0 aliphatic heterocycles. The molecule has 0 unspecified atom stereocenters. The molecule has 106 valence electrons. The van der Waals surface area contributed by atoms with Gasteiger partial charge in [0, 0.05) is 13.1 Å². The molecule has 4 heteroatoms. The Morgan fingerprint density at radius 3 is 2.37 bits per heavy atom. The highest BCUT2D eigenvalue weighted by atomic mass is 16.5. The van der Waals surface area contributed by atoms with Crippen LogP contribution in [0.3, 0.4) is 0 Å². The summed E-state index contributed by atoms with van der Waals surface area (Å²) in [6.07, 6.45) is 0. The molecule has 1 aromatic rings. The number of nitrogens with zero attached hydrogens (tertiary/aromatic N) is 1. The van der Waals surface area contributed by atoms with Crippen LogP contribution in [0.25, 0.3) is 0 Å². The average molecular weight is 263 g/mol. The van der Waals surface area contributed by atoms with E-state index >= 15 is 0 Å². The van der Waals surface area contributed by atoms with Gasteiger partial charge in [-0.15, -0.1) is 0 Å². The van der Waals surface area contributed by atoms with Gasteiger partial charge in [0.15, 0.2) is 5.96 Å². The standard InChI is InChI=1S/C15H25N3O/c1-11(2)18-15(16-5)17-6-7-19-14-9-12(3)8-13(4)10-14/h8-11H,6-7H2,1-5H3,(H2,16,17,18). The van der Waals surface area contributed by atoms with Gasteiger partial charge in [-0.05, 0) is 51.0 Å². The van der Waals surface area contributed by atoms with Crippen LogP contribution in [0.4, 0.5) is 0 Å². The van der Waals surface area contributed by atoms with Crippen LogP contribution in [0.15, 0.2) is 23.2 Å². The van der Waals surface area contributed by atoms with Crippen molar-refractivity contribution in [3.8, 4) is 5.75 Å². The predicted molar refractivity (Wildman–Crippen MR) is 81.0 cm³/mol. The molecule has 0 aliphatic rings. The number of benzene rings is 1. The summed E-state index contributed by atoms with van der Waals surface area (Å²) in [5, 5.41) is 6.44. The van der Waals surface area contributed by atoms with E-state index < -0.39 is 0 Å². The van der Waals surface area contributed by atoms with Crippen LogP contribution >= 0.6 is 0 Å². The summed E-state index contributed by atoms with van der Waals surface area (Å²) in [7, 11) is 1.77. The van der Waals surface area contributed by atoms with Crippen LogP contribution in [0.1, 0.15) is 25.0 Å². The van der Waals surface area contributed by atoms with Gasteiger partial charge in [-0.3, -0.25) is 4.99 Å². The van der Waals surface area contributed by atoms with E-state index in [4.69, 9.17) is 4.74 Å². The molecule has 0 heterocycles. The minimum Gasteiger partial charge on any atom is -0.492 e. The van der Waals surface area contributed by atoms with Crippen molar-refractivity contribution in [2.75, 3.05) is 20.2 Å². The van der Waals surface area contributed by atoms with Gasteiger partial charge >= 0.3 is 0 Å². The molecule has 0 saturated carbocycles. The lowest BCUT2D eigenvalue weighted by Gasteiger charge is -2.15.